The molecule has 1 aliphatic rings. The summed E-state index contributed by atoms with van der Waals surface area (Å²) in [5.74, 6) is 2.38. The molecule has 28 heavy (non-hydrogen) atoms. The Bertz CT molecular complexity index is 974. The van der Waals surface area contributed by atoms with Crippen molar-refractivity contribution in [3.63, 3.8) is 0 Å². The van der Waals surface area contributed by atoms with Crippen molar-refractivity contribution >= 4 is 23.4 Å². The Kier molecular flexibility index (Phi) is 5.34. The normalized spacial score (nSPS) is 12.5. The van der Waals surface area contributed by atoms with E-state index in [2.05, 4.69) is 15.5 Å². The maximum atomic E-state index is 12.2. The van der Waals surface area contributed by atoms with Gasteiger partial charge in [-0.1, -0.05) is 11.8 Å². The van der Waals surface area contributed by atoms with Gasteiger partial charge in [0, 0.05) is 17.3 Å². The van der Waals surface area contributed by atoms with Crippen LogP contribution in [0.2, 0.25) is 0 Å². The van der Waals surface area contributed by atoms with E-state index >= 15 is 0 Å². The predicted octanol–water partition coefficient (Wildman–Crippen LogP) is 3.25. The van der Waals surface area contributed by atoms with Crippen molar-refractivity contribution in [2.24, 2.45) is 0 Å². The van der Waals surface area contributed by atoms with E-state index in [1.165, 1.54) is 11.8 Å². The number of hydrogen-bond acceptors (Lipinski definition) is 8. The van der Waals surface area contributed by atoms with E-state index in [1.807, 2.05) is 24.3 Å². The summed E-state index contributed by atoms with van der Waals surface area (Å²) in [4.78, 5) is 12.2. The summed E-state index contributed by atoms with van der Waals surface area (Å²) in [5, 5.41) is 11.1. The standard InChI is InChI=1S/C19H17N3O5S/c1-24-14-5-2-12(3-6-14)18-21-22-19(27-18)28-11-17(23)20-13-4-7-15-16(10-13)26-9-8-25-15/h2-7,10H,8-9,11H2,1H3,(H,20,23). The fourth-order valence-electron chi connectivity index (χ4n) is 2.56. The minimum Gasteiger partial charge on any atom is -0.497 e. The van der Waals surface area contributed by atoms with Gasteiger partial charge in [0.2, 0.25) is 11.8 Å². The molecule has 1 amide bonds. The van der Waals surface area contributed by atoms with Crippen LogP contribution >= 0.6 is 11.8 Å². The third-order valence-corrected chi connectivity index (χ3v) is 4.71. The van der Waals surface area contributed by atoms with Crippen LogP contribution in [0, 0.1) is 0 Å². The lowest BCUT2D eigenvalue weighted by Gasteiger charge is -2.18. The maximum absolute atomic E-state index is 12.2. The van der Waals surface area contributed by atoms with Crippen LogP contribution in [-0.4, -0.2) is 42.2 Å². The Labute approximate surface area is 165 Å². The average molecular weight is 399 g/mol. The topological polar surface area (TPSA) is 95.7 Å². The van der Waals surface area contributed by atoms with Crippen molar-refractivity contribution in [3.05, 3.63) is 42.5 Å². The molecule has 2 aromatic carbocycles. The number of carbonyl (C=O) groups is 1. The first-order valence-corrected chi connectivity index (χ1v) is 9.50. The van der Waals surface area contributed by atoms with Crippen LogP contribution in [-0.2, 0) is 4.79 Å². The van der Waals surface area contributed by atoms with Crippen LogP contribution in [0.25, 0.3) is 11.5 Å². The van der Waals surface area contributed by atoms with E-state index in [1.54, 1.807) is 25.3 Å². The van der Waals surface area contributed by atoms with E-state index in [-0.39, 0.29) is 11.7 Å². The Balaban J connectivity index is 1.33. The third kappa shape index (κ3) is 4.20. The number of fused-ring (bicyclic) bond motifs is 1. The highest BCUT2D eigenvalue weighted by Crippen LogP contribution is 2.32. The molecule has 0 fully saturated rings. The number of nitrogens with one attached hydrogen (secondary N) is 1. The number of carbonyl (C=O) groups excluding carboxylic acids is 1. The van der Waals surface area contributed by atoms with Crippen LogP contribution in [0.4, 0.5) is 5.69 Å². The van der Waals surface area contributed by atoms with Gasteiger partial charge in [-0.3, -0.25) is 4.79 Å². The van der Waals surface area contributed by atoms with Gasteiger partial charge in [-0.2, -0.15) is 0 Å². The molecule has 1 N–H and O–H groups in total. The average Bonchev–Trinajstić information content (AvgIpc) is 3.21. The molecule has 1 aliphatic heterocycles. The van der Waals surface area contributed by atoms with E-state index < -0.39 is 0 Å². The van der Waals surface area contributed by atoms with Gasteiger partial charge in [0.15, 0.2) is 11.5 Å². The number of methoxy groups -OCH3 is 1. The van der Waals surface area contributed by atoms with Gasteiger partial charge in [-0.15, -0.1) is 10.2 Å². The molecule has 4 rings (SSSR count). The molecule has 0 spiro atoms. The summed E-state index contributed by atoms with van der Waals surface area (Å²) in [6, 6.07) is 12.6. The summed E-state index contributed by atoms with van der Waals surface area (Å²) in [5.41, 5.74) is 1.42. The Hall–Kier alpha value is -3.20. The Morgan fingerprint density at radius 2 is 1.89 bits per heavy atom. The van der Waals surface area contributed by atoms with Gasteiger partial charge >= 0.3 is 0 Å². The second-order valence-corrected chi connectivity index (χ2v) is 6.72. The lowest BCUT2D eigenvalue weighted by atomic mass is 10.2. The van der Waals surface area contributed by atoms with Crippen molar-refractivity contribution in [1.29, 1.82) is 0 Å². The molecule has 0 radical (unpaired) electrons. The van der Waals surface area contributed by atoms with Crippen molar-refractivity contribution < 1.29 is 23.4 Å². The van der Waals surface area contributed by atoms with Gasteiger partial charge in [-0.25, -0.2) is 0 Å². The van der Waals surface area contributed by atoms with E-state index in [0.717, 1.165) is 11.3 Å². The second-order valence-electron chi connectivity index (χ2n) is 5.80. The minimum absolute atomic E-state index is 0.138. The number of ether oxygens (including phenoxy) is 3. The maximum Gasteiger partial charge on any atom is 0.277 e. The fraction of sp³-hybridized carbons (Fsp3) is 0.211. The number of aromatic nitrogens is 2. The van der Waals surface area contributed by atoms with E-state index in [4.69, 9.17) is 18.6 Å². The largest absolute Gasteiger partial charge is 0.497 e. The number of anilines is 1. The summed E-state index contributed by atoms with van der Waals surface area (Å²) in [6.07, 6.45) is 0. The Morgan fingerprint density at radius 1 is 1.11 bits per heavy atom. The number of thioether (sulfide) groups is 1. The van der Waals surface area contributed by atoms with Crippen LogP contribution in [0.5, 0.6) is 17.2 Å². The van der Waals surface area contributed by atoms with Gasteiger partial charge in [0.05, 0.1) is 12.9 Å². The van der Waals surface area contributed by atoms with Crippen molar-refractivity contribution in [1.82, 2.24) is 10.2 Å². The first-order valence-electron chi connectivity index (χ1n) is 8.51. The van der Waals surface area contributed by atoms with Gasteiger partial charge in [0.25, 0.3) is 5.22 Å². The SMILES string of the molecule is COc1ccc(-c2nnc(SCC(=O)Nc3ccc4c(c3)OCCO4)o2)cc1. The lowest BCUT2D eigenvalue weighted by molar-refractivity contribution is -0.113. The zero-order chi connectivity index (χ0) is 19.3. The van der Waals surface area contributed by atoms with Gasteiger partial charge in [-0.05, 0) is 36.4 Å². The van der Waals surface area contributed by atoms with Crippen LogP contribution in [0.15, 0.2) is 52.1 Å². The van der Waals surface area contributed by atoms with E-state index in [0.29, 0.717) is 41.5 Å². The molecule has 8 nitrogen and oxygen atoms in total. The summed E-state index contributed by atoms with van der Waals surface area (Å²) < 4.78 is 21.7. The molecule has 0 aliphatic carbocycles. The molecule has 0 bridgehead atoms. The lowest BCUT2D eigenvalue weighted by Crippen LogP contribution is -2.17. The minimum atomic E-state index is -0.189. The number of rotatable bonds is 6. The zero-order valence-electron chi connectivity index (χ0n) is 15.0. The smallest absolute Gasteiger partial charge is 0.277 e. The molecule has 9 heteroatoms. The van der Waals surface area contributed by atoms with Crippen molar-refractivity contribution in [2.75, 3.05) is 31.4 Å². The molecule has 0 atom stereocenters. The molecular formula is C19H17N3O5S. The molecule has 2 heterocycles. The van der Waals surface area contributed by atoms with E-state index in [9.17, 15) is 4.79 Å². The third-order valence-electron chi connectivity index (χ3n) is 3.90. The first-order chi connectivity index (χ1) is 13.7. The monoisotopic (exact) mass is 399 g/mol. The highest BCUT2D eigenvalue weighted by Gasteiger charge is 2.14. The van der Waals surface area contributed by atoms with Crippen LogP contribution < -0.4 is 19.5 Å². The fourth-order valence-corrected chi connectivity index (χ4v) is 3.13. The molecular weight excluding hydrogens is 382 g/mol. The molecule has 3 aromatic rings. The predicted molar refractivity (Wildman–Crippen MR) is 103 cm³/mol. The van der Waals surface area contributed by atoms with Gasteiger partial charge < -0.3 is 23.9 Å². The van der Waals surface area contributed by atoms with Gasteiger partial charge in [0.1, 0.15) is 19.0 Å². The highest BCUT2D eigenvalue weighted by atomic mass is 32.2. The summed E-state index contributed by atoms with van der Waals surface area (Å²) in [7, 11) is 1.60. The second kappa shape index (κ2) is 8.22. The highest BCUT2D eigenvalue weighted by molar-refractivity contribution is 7.99. The van der Waals surface area contributed by atoms with Crippen molar-refractivity contribution in [3.8, 4) is 28.7 Å². The molecule has 144 valence electrons. The summed E-state index contributed by atoms with van der Waals surface area (Å²) in [6.45, 7) is 1.02. The quantitative estimate of drug-likeness (QED) is 0.631. The summed E-state index contributed by atoms with van der Waals surface area (Å²) >= 11 is 1.17. The number of nitrogens with zero attached hydrogens (tertiary/aromatic N) is 2. The Morgan fingerprint density at radius 3 is 2.68 bits per heavy atom. The molecule has 0 saturated carbocycles. The number of hydrogen-bond donors (Lipinski definition) is 1. The van der Waals surface area contributed by atoms with Crippen LogP contribution in [0.1, 0.15) is 0 Å². The van der Waals surface area contributed by atoms with Crippen molar-refractivity contribution in [2.45, 2.75) is 5.22 Å². The number of amides is 1. The first kappa shape index (κ1) is 18.2. The molecule has 1 aromatic heterocycles. The molecule has 0 saturated heterocycles. The molecule has 0 unspecified atom stereocenters. The zero-order valence-corrected chi connectivity index (χ0v) is 15.8. The number of benzene rings is 2. The van der Waals surface area contributed by atoms with Crippen LogP contribution in [0.3, 0.4) is 0 Å².